The Labute approximate surface area is 416 Å². The van der Waals surface area contributed by atoms with Crippen LogP contribution in [0.15, 0.2) is 9.59 Å². The van der Waals surface area contributed by atoms with E-state index in [1.807, 2.05) is 13.8 Å². The van der Waals surface area contributed by atoms with Crippen LogP contribution in [0.5, 0.6) is 0 Å². The van der Waals surface area contributed by atoms with E-state index in [2.05, 4.69) is 77.8 Å². The second-order valence-corrected chi connectivity index (χ2v) is 19.5. The van der Waals surface area contributed by atoms with Gasteiger partial charge in [0.1, 0.15) is 23.6 Å². The number of esters is 1. The van der Waals surface area contributed by atoms with Crippen LogP contribution in [0.4, 0.5) is 11.4 Å². The normalized spacial score (nSPS) is 11.8. The molecule has 1 aromatic rings. The molecule has 0 radical (unpaired) electrons. The lowest BCUT2D eigenvalue weighted by atomic mass is 10.0. The summed E-state index contributed by atoms with van der Waals surface area (Å²) in [4.78, 5) is 49.3. The minimum Gasteiger partial charge on any atom is -0.465 e. The standard InChI is InChI=1S/C39H73N3O4.C13H26O2.2C3H8/c1-6-9-12-14-17-21-27-34(26-11-8-3)46-35(43)28-22-18-16-20-24-31-42(30-23-19-15-13-10-7-2)32-25-29-40-36-37(41-33(4)5)39(45)38(36)44;1-3-5-6-7-8-9-11-13(10-4-2)15-12-14;2*1-3-2/h33-34,40-41H,6-32H2,1-5H3;12-13H,3-11H2,1-2H3;2*3H2,1-2H3. The fourth-order valence-corrected chi connectivity index (χ4v) is 8.01. The molecule has 0 saturated heterocycles. The Morgan fingerprint density at radius 3 is 1.36 bits per heavy atom. The molecule has 9 heteroatoms. The molecule has 1 rings (SSSR count). The van der Waals surface area contributed by atoms with Crippen molar-refractivity contribution in [1.82, 2.24) is 4.90 Å². The van der Waals surface area contributed by atoms with Gasteiger partial charge in [-0.2, -0.15) is 0 Å². The van der Waals surface area contributed by atoms with Crippen LogP contribution in [0.2, 0.25) is 0 Å². The van der Waals surface area contributed by atoms with Gasteiger partial charge >= 0.3 is 5.97 Å². The highest BCUT2D eigenvalue weighted by atomic mass is 16.5. The third-order valence-electron chi connectivity index (χ3n) is 11.8. The monoisotopic (exact) mass is 950 g/mol. The predicted molar refractivity (Wildman–Crippen MR) is 294 cm³/mol. The van der Waals surface area contributed by atoms with Crippen molar-refractivity contribution in [3.63, 3.8) is 0 Å². The molecule has 2 atom stereocenters. The molecule has 2 N–H and O–H groups in total. The highest BCUT2D eigenvalue weighted by Gasteiger charge is 2.21. The quantitative estimate of drug-likeness (QED) is 0.0286. The van der Waals surface area contributed by atoms with E-state index in [1.54, 1.807) is 0 Å². The Hall–Kier alpha value is -2.42. The van der Waals surface area contributed by atoms with Crippen molar-refractivity contribution in [3.05, 3.63) is 20.4 Å². The van der Waals surface area contributed by atoms with Crippen molar-refractivity contribution in [1.29, 1.82) is 0 Å². The summed E-state index contributed by atoms with van der Waals surface area (Å²) < 4.78 is 11.0. The van der Waals surface area contributed by atoms with Crippen LogP contribution in [0, 0.1) is 0 Å². The predicted octanol–water partition coefficient (Wildman–Crippen LogP) is 16.7. The molecule has 0 heterocycles. The maximum Gasteiger partial charge on any atom is 0.306 e. The van der Waals surface area contributed by atoms with E-state index in [9.17, 15) is 19.2 Å². The molecular formula is C58H115N3O6. The van der Waals surface area contributed by atoms with Gasteiger partial charge in [0.15, 0.2) is 0 Å². The van der Waals surface area contributed by atoms with E-state index in [4.69, 9.17) is 9.47 Å². The maximum atomic E-state index is 12.6. The van der Waals surface area contributed by atoms with Gasteiger partial charge in [0.05, 0.1) is 0 Å². The summed E-state index contributed by atoms with van der Waals surface area (Å²) in [6.07, 6.45) is 40.5. The molecular weight excluding hydrogens is 835 g/mol. The first-order valence-corrected chi connectivity index (χ1v) is 28.9. The van der Waals surface area contributed by atoms with Crippen molar-refractivity contribution in [2.75, 3.05) is 36.8 Å². The number of carbonyl (C=O) groups is 2. The van der Waals surface area contributed by atoms with Gasteiger partial charge in [-0.25, -0.2) is 0 Å². The van der Waals surface area contributed by atoms with Gasteiger partial charge in [-0.05, 0) is 97.7 Å². The Bertz CT molecular complexity index is 1230. The van der Waals surface area contributed by atoms with Gasteiger partial charge in [0.2, 0.25) is 0 Å². The number of ether oxygens (including phenoxy) is 2. The Morgan fingerprint density at radius 2 is 0.896 bits per heavy atom. The molecule has 9 nitrogen and oxygen atoms in total. The minimum absolute atomic E-state index is 0.00152. The zero-order valence-corrected chi connectivity index (χ0v) is 46.6. The topological polar surface area (TPSA) is 114 Å². The van der Waals surface area contributed by atoms with Gasteiger partial charge in [-0.15, -0.1) is 0 Å². The highest BCUT2D eigenvalue weighted by Crippen LogP contribution is 2.19. The zero-order valence-electron chi connectivity index (χ0n) is 46.6. The van der Waals surface area contributed by atoms with E-state index in [0.29, 0.717) is 30.8 Å². The molecule has 0 aliphatic carbocycles. The fourth-order valence-electron chi connectivity index (χ4n) is 8.01. The first kappa shape index (κ1) is 68.8. The Morgan fingerprint density at radius 1 is 0.493 bits per heavy atom. The number of nitrogens with one attached hydrogen (secondary N) is 2. The molecule has 0 amide bonds. The van der Waals surface area contributed by atoms with Crippen molar-refractivity contribution >= 4 is 23.8 Å². The zero-order chi connectivity index (χ0) is 50.6. The lowest BCUT2D eigenvalue weighted by Crippen LogP contribution is -2.39. The van der Waals surface area contributed by atoms with Crippen molar-refractivity contribution < 1.29 is 19.1 Å². The van der Waals surface area contributed by atoms with E-state index < -0.39 is 10.9 Å². The van der Waals surface area contributed by atoms with Gasteiger partial charge in [0.25, 0.3) is 17.3 Å². The van der Waals surface area contributed by atoms with E-state index in [1.165, 1.54) is 141 Å². The average molecular weight is 951 g/mol. The molecule has 1 aromatic carbocycles. The number of carbonyl (C=O) groups excluding carboxylic acids is 2. The summed E-state index contributed by atoms with van der Waals surface area (Å²) in [5, 5.41) is 6.33. The van der Waals surface area contributed by atoms with Crippen molar-refractivity contribution in [3.8, 4) is 0 Å². The van der Waals surface area contributed by atoms with Crippen LogP contribution in [0.3, 0.4) is 0 Å². The molecule has 0 fully saturated rings. The molecule has 0 spiro atoms. The Kier molecular flexibility index (Phi) is 56.0. The summed E-state index contributed by atoms with van der Waals surface area (Å²) in [5.41, 5.74) is 0.100. The SMILES string of the molecule is CCC.CCC.CCCCCCCCC(CCC)OC=O.CCCCCCCCC(CCCC)OC(=O)CCCCCCCN(CCCCCCCC)CCCNc1c(NC(C)C)c(=O)c1=O. The largest absolute Gasteiger partial charge is 0.465 e. The van der Waals surface area contributed by atoms with E-state index in [-0.39, 0.29) is 24.2 Å². The number of rotatable bonds is 44. The molecule has 0 aromatic heterocycles. The first-order chi connectivity index (χ1) is 32.5. The van der Waals surface area contributed by atoms with Crippen LogP contribution in [0.1, 0.15) is 294 Å². The fraction of sp³-hybridized carbons (Fsp3) is 0.897. The lowest BCUT2D eigenvalue weighted by Gasteiger charge is -2.23. The second-order valence-electron chi connectivity index (χ2n) is 19.5. The van der Waals surface area contributed by atoms with E-state index >= 15 is 0 Å². The van der Waals surface area contributed by atoms with Gasteiger partial charge in [-0.3, -0.25) is 19.2 Å². The number of hydrogen-bond acceptors (Lipinski definition) is 9. The maximum absolute atomic E-state index is 12.6. The molecule has 2 unspecified atom stereocenters. The van der Waals surface area contributed by atoms with Gasteiger partial charge < -0.3 is 25.0 Å². The summed E-state index contributed by atoms with van der Waals surface area (Å²) in [5.74, 6) is 0.00152. The number of anilines is 2. The summed E-state index contributed by atoms with van der Waals surface area (Å²) in [7, 11) is 0. The molecule has 0 aliphatic rings. The lowest BCUT2D eigenvalue weighted by molar-refractivity contribution is -0.150. The van der Waals surface area contributed by atoms with Crippen molar-refractivity contribution in [2.45, 2.75) is 313 Å². The van der Waals surface area contributed by atoms with Crippen molar-refractivity contribution in [2.24, 2.45) is 0 Å². The summed E-state index contributed by atoms with van der Waals surface area (Å²) in [6.45, 7) is 28.0. The molecule has 67 heavy (non-hydrogen) atoms. The first-order valence-electron chi connectivity index (χ1n) is 28.9. The number of nitrogens with zero attached hydrogens (tertiary/aromatic N) is 1. The third-order valence-corrected chi connectivity index (χ3v) is 11.8. The number of unbranched alkanes of at least 4 members (excludes halogenated alkanes) is 20. The molecule has 398 valence electrons. The van der Waals surface area contributed by atoms with Crippen LogP contribution in [0.25, 0.3) is 0 Å². The van der Waals surface area contributed by atoms with Gasteiger partial charge in [-0.1, -0.05) is 210 Å². The van der Waals surface area contributed by atoms with Crippen LogP contribution in [-0.2, 0) is 19.1 Å². The smallest absolute Gasteiger partial charge is 0.306 e. The van der Waals surface area contributed by atoms with E-state index in [0.717, 1.165) is 90.3 Å². The summed E-state index contributed by atoms with van der Waals surface area (Å²) in [6, 6.07) is 0.119. The highest BCUT2D eigenvalue weighted by molar-refractivity contribution is 5.74. The molecule has 0 bridgehead atoms. The van der Waals surface area contributed by atoms with Crippen LogP contribution >= 0.6 is 0 Å². The average Bonchev–Trinajstić information content (AvgIpc) is 3.30. The van der Waals surface area contributed by atoms with Crippen LogP contribution in [-0.4, -0.2) is 61.8 Å². The molecule has 0 saturated carbocycles. The Balaban J connectivity index is -0.00000161. The third kappa shape index (κ3) is 45.8. The van der Waals surface area contributed by atoms with Crippen LogP contribution < -0.4 is 21.5 Å². The summed E-state index contributed by atoms with van der Waals surface area (Å²) >= 11 is 0. The van der Waals surface area contributed by atoms with Gasteiger partial charge in [0, 0.05) is 19.0 Å². The minimum atomic E-state index is -0.405. The molecule has 0 aliphatic heterocycles. The second kappa shape index (κ2) is 54.5. The number of hydrogen-bond donors (Lipinski definition) is 2.